The zero-order chi connectivity index (χ0) is 12.1. The highest BCUT2D eigenvalue weighted by Gasteiger charge is 2.10. The van der Waals surface area contributed by atoms with Gasteiger partial charge in [-0.05, 0) is 0 Å². The number of aromatic amines is 1. The molecule has 0 aliphatic carbocycles. The topological polar surface area (TPSA) is 58.1 Å². The summed E-state index contributed by atoms with van der Waals surface area (Å²) in [6, 6.07) is 0. The first-order valence-electron chi connectivity index (χ1n) is 4.77. The SMILES string of the molecule is Cn1cc(N(CCCl)CCCl)c(=O)[nH]c1=O. The predicted octanol–water partition coefficient (Wildman–Crippen LogP) is 0.358. The lowest BCUT2D eigenvalue weighted by atomic mass is 10.4. The number of alkyl halides is 2. The summed E-state index contributed by atoms with van der Waals surface area (Å²) in [5.74, 6) is 0.776. The van der Waals surface area contributed by atoms with E-state index in [-0.39, 0.29) is 0 Å². The van der Waals surface area contributed by atoms with Gasteiger partial charge in [0.15, 0.2) is 0 Å². The van der Waals surface area contributed by atoms with Crippen molar-refractivity contribution in [1.29, 1.82) is 0 Å². The van der Waals surface area contributed by atoms with Gasteiger partial charge >= 0.3 is 5.69 Å². The molecule has 0 aliphatic heterocycles. The molecule has 1 rings (SSSR count). The summed E-state index contributed by atoms with van der Waals surface area (Å²) in [6.07, 6.45) is 1.49. The molecule has 90 valence electrons. The van der Waals surface area contributed by atoms with Crippen molar-refractivity contribution in [1.82, 2.24) is 9.55 Å². The Morgan fingerprint density at radius 2 is 1.88 bits per heavy atom. The monoisotopic (exact) mass is 265 g/mol. The third kappa shape index (κ3) is 3.02. The number of nitrogens with one attached hydrogen (secondary N) is 1. The largest absolute Gasteiger partial charge is 0.363 e. The average molecular weight is 266 g/mol. The standard InChI is InChI=1S/C9H13Cl2N3O2/c1-13-6-7(8(15)12-9(13)16)14(4-2-10)5-3-11/h6H,2-5H2,1H3,(H,12,15,16). The van der Waals surface area contributed by atoms with Crippen LogP contribution in [0.5, 0.6) is 0 Å². The molecule has 1 aromatic rings. The number of nitrogens with zero attached hydrogens (tertiary/aromatic N) is 2. The number of halogens is 2. The molecule has 0 aromatic carbocycles. The number of hydrogen-bond acceptors (Lipinski definition) is 3. The number of anilines is 1. The molecule has 0 spiro atoms. The van der Waals surface area contributed by atoms with Gasteiger partial charge < -0.3 is 9.47 Å². The van der Waals surface area contributed by atoms with Crippen LogP contribution in [-0.4, -0.2) is 34.4 Å². The second kappa shape index (κ2) is 5.96. The van der Waals surface area contributed by atoms with Gasteiger partial charge in [-0.3, -0.25) is 9.78 Å². The molecule has 0 radical (unpaired) electrons. The van der Waals surface area contributed by atoms with Crippen LogP contribution in [0.3, 0.4) is 0 Å². The van der Waals surface area contributed by atoms with E-state index < -0.39 is 11.2 Å². The van der Waals surface area contributed by atoms with Crippen molar-refractivity contribution in [3.8, 4) is 0 Å². The smallest absolute Gasteiger partial charge is 0.328 e. The van der Waals surface area contributed by atoms with Gasteiger partial charge in [0.25, 0.3) is 5.56 Å². The van der Waals surface area contributed by atoms with Crippen LogP contribution < -0.4 is 16.1 Å². The van der Waals surface area contributed by atoms with E-state index >= 15 is 0 Å². The number of aromatic nitrogens is 2. The molecule has 16 heavy (non-hydrogen) atoms. The first-order chi connectivity index (χ1) is 7.60. The average Bonchev–Trinajstić information content (AvgIpc) is 2.23. The van der Waals surface area contributed by atoms with Gasteiger partial charge in [0.05, 0.1) is 0 Å². The molecular weight excluding hydrogens is 253 g/mol. The fourth-order valence-corrected chi connectivity index (χ4v) is 1.74. The molecule has 0 aliphatic rings. The van der Waals surface area contributed by atoms with Crippen molar-refractivity contribution in [3.05, 3.63) is 27.0 Å². The third-order valence-corrected chi connectivity index (χ3v) is 2.48. The highest BCUT2D eigenvalue weighted by molar-refractivity contribution is 6.18. The molecule has 1 aromatic heterocycles. The fourth-order valence-electron chi connectivity index (χ4n) is 1.33. The van der Waals surface area contributed by atoms with E-state index in [9.17, 15) is 9.59 Å². The Labute approximate surface area is 103 Å². The summed E-state index contributed by atoms with van der Waals surface area (Å²) in [5.41, 5.74) is -0.452. The molecule has 1 heterocycles. The molecule has 5 nitrogen and oxygen atoms in total. The lowest BCUT2D eigenvalue weighted by molar-refractivity contribution is 0.772. The Morgan fingerprint density at radius 1 is 1.31 bits per heavy atom. The highest BCUT2D eigenvalue weighted by Crippen LogP contribution is 2.05. The van der Waals surface area contributed by atoms with Gasteiger partial charge in [-0.2, -0.15) is 0 Å². The Hall–Kier alpha value is -0.940. The number of aryl methyl sites for hydroxylation is 1. The number of H-pyrrole nitrogens is 1. The molecule has 0 unspecified atom stereocenters. The van der Waals surface area contributed by atoms with E-state index in [1.807, 2.05) is 0 Å². The molecule has 0 amide bonds. The van der Waals surface area contributed by atoms with Crippen LogP contribution in [0.1, 0.15) is 0 Å². The summed E-state index contributed by atoms with van der Waals surface area (Å²) in [5, 5.41) is 0. The minimum atomic E-state index is -0.439. The second-order valence-electron chi connectivity index (χ2n) is 3.25. The fraction of sp³-hybridized carbons (Fsp3) is 0.556. The van der Waals surface area contributed by atoms with E-state index in [1.54, 1.807) is 11.9 Å². The first-order valence-corrected chi connectivity index (χ1v) is 5.84. The molecule has 0 saturated carbocycles. The Balaban J connectivity index is 3.13. The highest BCUT2D eigenvalue weighted by atomic mass is 35.5. The van der Waals surface area contributed by atoms with Crippen LogP contribution in [0.2, 0.25) is 0 Å². The van der Waals surface area contributed by atoms with Crippen molar-refractivity contribution in [2.24, 2.45) is 7.05 Å². The number of rotatable bonds is 5. The molecule has 0 bridgehead atoms. The molecule has 0 saturated heterocycles. The van der Waals surface area contributed by atoms with Crippen LogP contribution in [0.15, 0.2) is 15.8 Å². The van der Waals surface area contributed by atoms with Gasteiger partial charge in [-0.25, -0.2) is 4.79 Å². The van der Waals surface area contributed by atoms with E-state index in [0.717, 1.165) is 0 Å². The Morgan fingerprint density at radius 3 is 2.38 bits per heavy atom. The Kier molecular flexibility index (Phi) is 4.89. The van der Waals surface area contributed by atoms with Gasteiger partial charge in [0, 0.05) is 38.1 Å². The van der Waals surface area contributed by atoms with Crippen LogP contribution in [-0.2, 0) is 7.05 Å². The summed E-state index contributed by atoms with van der Waals surface area (Å²) < 4.78 is 1.31. The van der Waals surface area contributed by atoms with Crippen LogP contribution in [0, 0.1) is 0 Å². The van der Waals surface area contributed by atoms with Crippen molar-refractivity contribution >= 4 is 28.9 Å². The van der Waals surface area contributed by atoms with Crippen LogP contribution in [0.4, 0.5) is 5.69 Å². The van der Waals surface area contributed by atoms with Crippen LogP contribution in [0.25, 0.3) is 0 Å². The van der Waals surface area contributed by atoms with Crippen LogP contribution >= 0.6 is 23.2 Å². The van der Waals surface area contributed by atoms with Gasteiger partial charge in [0.2, 0.25) is 0 Å². The maximum Gasteiger partial charge on any atom is 0.328 e. The molecular formula is C9H13Cl2N3O2. The zero-order valence-electron chi connectivity index (χ0n) is 8.87. The minimum absolute atomic E-state index is 0.388. The van der Waals surface area contributed by atoms with Crippen molar-refractivity contribution < 1.29 is 0 Å². The van der Waals surface area contributed by atoms with E-state index in [0.29, 0.717) is 30.5 Å². The third-order valence-electron chi connectivity index (χ3n) is 2.14. The lowest BCUT2D eigenvalue weighted by Gasteiger charge is -2.21. The maximum absolute atomic E-state index is 11.6. The summed E-state index contributed by atoms with van der Waals surface area (Å²) >= 11 is 11.3. The van der Waals surface area contributed by atoms with Crippen molar-refractivity contribution in [2.75, 3.05) is 29.7 Å². The first kappa shape index (κ1) is 13.1. The maximum atomic E-state index is 11.6. The van der Waals surface area contributed by atoms with Crippen molar-refractivity contribution in [2.45, 2.75) is 0 Å². The normalized spacial score (nSPS) is 10.4. The molecule has 0 fully saturated rings. The predicted molar refractivity (Wildman–Crippen MR) is 66.0 cm³/mol. The van der Waals surface area contributed by atoms with Gasteiger partial charge in [-0.15, -0.1) is 23.2 Å². The summed E-state index contributed by atoms with van der Waals surface area (Å²) in [6.45, 7) is 1.02. The van der Waals surface area contributed by atoms with Gasteiger partial charge in [0.1, 0.15) is 5.69 Å². The molecule has 0 atom stereocenters. The summed E-state index contributed by atoms with van der Waals surface area (Å²) in [4.78, 5) is 26.7. The summed E-state index contributed by atoms with van der Waals surface area (Å²) in [7, 11) is 1.57. The second-order valence-corrected chi connectivity index (χ2v) is 4.01. The van der Waals surface area contributed by atoms with E-state index in [1.165, 1.54) is 10.8 Å². The van der Waals surface area contributed by atoms with Crippen molar-refractivity contribution in [3.63, 3.8) is 0 Å². The van der Waals surface area contributed by atoms with E-state index in [4.69, 9.17) is 23.2 Å². The molecule has 1 N–H and O–H groups in total. The lowest BCUT2D eigenvalue weighted by Crippen LogP contribution is -2.37. The Bertz CT molecular complexity index is 449. The zero-order valence-corrected chi connectivity index (χ0v) is 10.4. The van der Waals surface area contributed by atoms with E-state index in [2.05, 4.69) is 4.98 Å². The number of hydrogen-bond donors (Lipinski definition) is 1. The van der Waals surface area contributed by atoms with Gasteiger partial charge in [-0.1, -0.05) is 0 Å². The molecule has 7 heteroatoms. The quantitative estimate of drug-likeness (QED) is 0.783. The minimum Gasteiger partial charge on any atom is -0.363 e.